The Morgan fingerprint density at radius 2 is 0.935 bits per heavy atom. The lowest BCUT2D eigenvalue weighted by atomic mass is 10.1. The quantitative estimate of drug-likeness (QED) is 0.160. The molecule has 7 heteroatoms. The molecule has 0 aliphatic rings. The Kier molecular flexibility index (Phi) is 27.7. The van der Waals surface area contributed by atoms with Crippen LogP contribution in [-0.2, 0) is 28.5 Å². The van der Waals surface area contributed by atoms with Crippen LogP contribution in [0.2, 0.25) is 0 Å². The third-order valence-electron chi connectivity index (χ3n) is 4.78. The van der Waals surface area contributed by atoms with E-state index < -0.39 is 0 Å². The summed E-state index contributed by atoms with van der Waals surface area (Å²) in [5, 5.41) is 0. The third-order valence-corrected chi connectivity index (χ3v) is 5.48. The highest BCUT2D eigenvalue weighted by atomic mass is 32.2. The predicted molar refractivity (Wildman–Crippen MR) is 129 cm³/mol. The van der Waals surface area contributed by atoms with Gasteiger partial charge in [0, 0.05) is 13.0 Å². The molecule has 0 amide bonds. The van der Waals surface area contributed by atoms with E-state index in [0.717, 1.165) is 13.0 Å². The van der Waals surface area contributed by atoms with Crippen LogP contribution in [0.4, 0.5) is 0 Å². The lowest BCUT2D eigenvalue weighted by molar-refractivity contribution is -0.123. The SMILES string of the molecule is CCC(=O)COCCOCCOCCOCCOCCCCCCCCCCCSC. The molecule has 0 radical (unpaired) electrons. The molecular formula is C24H48O6S. The number of unbranched alkanes of at least 4 members (excludes halogenated alkanes) is 8. The van der Waals surface area contributed by atoms with Crippen LogP contribution in [0.1, 0.15) is 71.1 Å². The molecule has 0 saturated heterocycles. The number of carbonyl (C=O) groups excluding carboxylic acids is 1. The molecular weight excluding hydrogens is 416 g/mol. The first-order valence-electron chi connectivity index (χ1n) is 12.2. The summed E-state index contributed by atoms with van der Waals surface area (Å²) in [5.41, 5.74) is 0. The van der Waals surface area contributed by atoms with Crippen molar-refractivity contribution in [1.29, 1.82) is 0 Å². The highest BCUT2D eigenvalue weighted by Gasteiger charge is 1.98. The number of ketones is 1. The van der Waals surface area contributed by atoms with E-state index >= 15 is 0 Å². The van der Waals surface area contributed by atoms with E-state index in [1.807, 2.05) is 18.7 Å². The molecule has 0 aromatic carbocycles. The van der Waals surface area contributed by atoms with E-state index in [-0.39, 0.29) is 12.4 Å². The van der Waals surface area contributed by atoms with E-state index in [0.29, 0.717) is 59.3 Å². The molecule has 0 heterocycles. The zero-order valence-corrected chi connectivity index (χ0v) is 21.0. The van der Waals surface area contributed by atoms with E-state index in [9.17, 15) is 4.79 Å². The Hall–Kier alpha value is -0.180. The summed E-state index contributed by atoms with van der Waals surface area (Å²) in [6.45, 7) is 7.21. The summed E-state index contributed by atoms with van der Waals surface area (Å²) in [6.07, 6.45) is 14.8. The number of hydrogen-bond donors (Lipinski definition) is 0. The summed E-state index contributed by atoms with van der Waals surface area (Å²) in [5.74, 6) is 1.43. The van der Waals surface area contributed by atoms with Gasteiger partial charge in [0.15, 0.2) is 5.78 Å². The van der Waals surface area contributed by atoms with Gasteiger partial charge in [0.05, 0.1) is 52.9 Å². The fourth-order valence-corrected chi connectivity index (χ4v) is 3.35. The lowest BCUT2D eigenvalue weighted by Crippen LogP contribution is -2.14. The second kappa shape index (κ2) is 27.9. The van der Waals surface area contributed by atoms with Gasteiger partial charge in [-0.3, -0.25) is 4.79 Å². The van der Waals surface area contributed by atoms with Gasteiger partial charge in [-0.05, 0) is 24.9 Å². The highest BCUT2D eigenvalue weighted by Crippen LogP contribution is 2.10. The minimum Gasteiger partial charge on any atom is -0.379 e. The van der Waals surface area contributed by atoms with Crippen molar-refractivity contribution in [2.45, 2.75) is 71.1 Å². The first kappa shape index (κ1) is 30.8. The molecule has 0 aliphatic carbocycles. The zero-order valence-electron chi connectivity index (χ0n) is 20.2. The average Bonchev–Trinajstić information content (AvgIpc) is 2.78. The number of Topliss-reactive ketones (excluding diaryl/α,β-unsaturated/α-hetero) is 1. The molecule has 0 aromatic rings. The Bertz CT molecular complexity index is 357. The molecule has 0 unspecified atom stereocenters. The maximum absolute atomic E-state index is 11.0. The van der Waals surface area contributed by atoms with Gasteiger partial charge < -0.3 is 23.7 Å². The van der Waals surface area contributed by atoms with Crippen molar-refractivity contribution in [2.24, 2.45) is 0 Å². The fraction of sp³-hybridized carbons (Fsp3) is 0.958. The molecule has 0 atom stereocenters. The van der Waals surface area contributed by atoms with Crippen LogP contribution in [-0.4, -0.2) is 83.9 Å². The maximum atomic E-state index is 11.0. The van der Waals surface area contributed by atoms with E-state index in [4.69, 9.17) is 23.7 Å². The average molecular weight is 465 g/mol. The van der Waals surface area contributed by atoms with Crippen molar-refractivity contribution < 1.29 is 28.5 Å². The Labute approximate surface area is 195 Å². The Morgan fingerprint density at radius 3 is 1.39 bits per heavy atom. The number of rotatable bonds is 27. The molecule has 0 saturated carbocycles. The van der Waals surface area contributed by atoms with Gasteiger partial charge in [0.1, 0.15) is 6.61 Å². The molecule has 0 spiro atoms. The number of ether oxygens (including phenoxy) is 5. The summed E-state index contributed by atoms with van der Waals surface area (Å²) in [7, 11) is 0. The summed E-state index contributed by atoms with van der Waals surface area (Å²) >= 11 is 1.96. The van der Waals surface area contributed by atoms with Crippen molar-refractivity contribution >= 4 is 17.5 Å². The van der Waals surface area contributed by atoms with Crippen LogP contribution >= 0.6 is 11.8 Å². The summed E-state index contributed by atoms with van der Waals surface area (Å²) in [6, 6.07) is 0. The monoisotopic (exact) mass is 464 g/mol. The second-order valence-electron chi connectivity index (χ2n) is 7.57. The number of carbonyl (C=O) groups is 1. The largest absolute Gasteiger partial charge is 0.379 e. The second-order valence-corrected chi connectivity index (χ2v) is 8.55. The van der Waals surface area contributed by atoms with Gasteiger partial charge in [-0.2, -0.15) is 11.8 Å². The van der Waals surface area contributed by atoms with Crippen LogP contribution in [0, 0.1) is 0 Å². The predicted octanol–water partition coefficient (Wildman–Crippen LogP) is 4.92. The molecule has 0 rings (SSSR count). The van der Waals surface area contributed by atoms with Crippen LogP contribution in [0.3, 0.4) is 0 Å². The fourth-order valence-electron chi connectivity index (χ4n) is 2.86. The molecule has 6 nitrogen and oxygen atoms in total. The van der Waals surface area contributed by atoms with Gasteiger partial charge in [-0.15, -0.1) is 0 Å². The Morgan fingerprint density at radius 1 is 0.548 bits per heavy atom. The third kappa shape index (κ3) is 27.8. The maximum Gasteiger partial charge on any atom is 0.158 e. The van der Waals surface area contributed by atoms with Crippen molar-refractivity contribution in [3.63, 3.8) is 0 Å². The molecule has 31 heavy (non-hydrogen) atoms. The number of thioether (sulfide) groups is 1. The summed E-state index contributed by atoms with van der Waals surface area (Å²) < 4.78 is 27.1. The minimum absolute atomic E-state index is 0.113. The van der Waals surface area contributed by atoms with Crippen molar-refractivity contribution in [2.75, 3.05) is 78.1 Å². The normalized spacial score (nSPS) is 11.3. The van der Waals surface area contributed by atoms with Crippen molar-refractivity contribution in [3.05, 3.63) is 0 Å². The minimum atomic E-state index is 0.113. The molecule has 0 bridgehead atoms. The first-order chi connectivity index (χ1) is 15.3. The van der Waals surface area contributed by atoms with Crippen LogP contribution in [0.25, 0.3) is 0 Å². The van der Waals surface area contributed by atoms with E-state index in [2.05, 4.69) is 6.26 Å². The van der Waals surface area contributed by atoms with Crippen LogP contribution < -0.4 is 0 Å². The van der Waals surface area contributed by atoms with Crippen LogP contribution in [0.15, 0.2) is 0 Å². The highest BCUT2D eigenvalue weighted by molar-refractivity contribution is 7.98. The summed E-state index contributed by atoms with van der Waals surface area (Å²) in [4.78, 5) is 11.0. The molecule has 0 fully saturated rings. The molecule has 0 N–H and O–H groups in total. The first-order valence-corrected chi connectivity index (χ1v) is 13.6. The van der Waals surface area contributed by atoms with E-state index in [1.54, 1.807) is 0 Å². The lowest BCUT2D eigenvalue weighted by Gasteiger charge is -2.08. The zero-order chi connectivity index (χ0) is 22.7. The molecule has 0 aromatic heterocycles. The standard InChI is InChI=1S/C24H48O6S/c1-3-24(25)23-30-21-20-29-19-18-28-17-16-27-15-14-26-13-11-9-7-5-4-6-8-10-12-22-31-2/h3-23H2,1-2H3. The van der Waals surface area contributed by atoms with Crippen molar-refractivity contribution in [3.8, 4) is 0 Å². The van der Waals surface area contributed by atoms with Crippen LogP contribution in [0.5, 0.6) is 0 Å². The molecule has 0 aliphatic heterocycles. The topological polar surface area (TPSA) is 63.2 Å². The van der Waals surface area contributed by atoms with Gasteiger partial charge in [-0.1, -0.05) is 51.9 Å². The number of hydrogen-bond acceptors (Lipinski definition) is 7. The van der Waals surface area contributed by atoms with Gasteiger partial charge in [-0.25, -0.2) is 0 Å². The van der Waals surface area contributed by atoms with Gasteiger partial charge >= 0.3 is 0 Å². The van der Waals surface area contributed by atoms with Gasteiger partial charge in [0.2, 0.25) is 0 Å². The van der Waals surface area contributed by atoms with E-state index in [1.165, 1.54) is 57.1 Å². The van der Waals surface area contributed by atoms with Crippen molar-refractivity contribution in [1.82, 2.24) is 0 Å². The van der Waals surface area contributed by atoms with Gasteiger partial charge in [0.25, 0.3) is 0 Å². The molecule has 186 valence electrons. The smallest absolute Gasteiger partial charge is 0.158 e. The Balaban J connectivity index is 3.01.